The minimum Gasteiger partial charge on any atom is -0.0897 e. The summed E-state index contributed by atoms with van der Waals surface area (Å²) in [5, 5.41) is 0. The Morgan fingerprint density at radius 3 is 2.50 bits per heavy atom. The van der Waals surface area contributed by atoms with E-state index in [0.29, 0.717) is 0 Å². The van der Waals surface area contributed by atoms with Crippen molar-refractivity contribution in [3.8, 4) is 0 Å². The second kappa shape index (κ2) is 2.16. The quantitative estimate of drug-likeness (QED) is 0.411. The van der Waals surface area contributed by atoms with Crippen molar-refractivity contribution < 1.29 is 0 Å². The first-order valence-corrected chi connectivity index (χ1v) is 4.37. The highest BCUT2D eigenvalue weighted by Crippen LogP contribution is 2.43. The smallest absolute Gasteiger partial charge is 0.00322 e. The van der Waals surface area contributed by atoms with Gasteiger partial charge in [-0.05, 0) is 42.4 Å². The Morgan fingerprint density at radius 1 is 1.40 bits per heavy atom. The molecule has 0 aromatic heterocycles. The standard InChI is InChI=1S/C9H12S/c1-6(10)9-5-7-2-3-8(9)4-7/h2-3,7-9H,4-5H2,1H3/t7-,8+,9-/m0/s1. The van der Waals surface area contributed by atoms with Crippen LogP contribution in [0.15, 0.2) is 12.2 Å². The Morgan fingerprint density at radius 2 is 2.20 bits per heavy atom. The summed E-state index contributed by atoms with van der Waals surface area (Å²) in [7, 11) is 0. The van der Waals surface area contributed by atoms with Crippen LogP contribution in [0.5, 0.6) is 0 Å². The fourth-order valence-electron chi connectivity index (χ4n) is 2.25. The van der Waals surface area contributed by atoms with Crippen LogP contribution in [-0.2, 0) is 0 Å². The third-order valence-corrected chi connectivity index (χ3v) is 3.10. The van der Waals surface area contributed by atoms with Crippen LogP contribution in [-0.4, -0.2) is 4.86 Å². The second-order valence-corrected chi connectivity index (χ2v) is 4.14. The highest BCUT2D eigenvalue weighted by molar-refractivity contribution is 7.80. The molecule has 10 heavy (non-hydrogen) atoms. The Bertz CT molecular complexity index is 193. The van der Waals surface area contributed by atoms with E-state index in [1.807, 2.05) is 0 Å². The normalized spacial score (nSPS) is 42.7. The Kier molecular flexibility index (Phi) is 1.41. The lowest BCUT2D eigenvalue weighted by Gasteiger charge is -2.15. The second-order valence-electron chi connectivity index (χ2n) is 3.50. The molecule has 0 heterocycles. The molecule has 3 atom stereocenters. The largest absolute Gasteiger partial charge is 0.0897 e. The first kappa shape index (κ1) is 6.53. The van der Waals surface area contributed by atoms with Crippen molar-refractivity contribution in [2.75, 3.05) is 0 Å². The molecule has 1 fully saturated rings. The van der Waals surface area contributed by atoms with E-state index in [2.05, 4.69) is 19.1 Å². The van der Waals surface area contributed by atoms with Crippen molar-refractivity contribution >= 4 is 17.1 Å². The average Bonchev–Trinajstić information content (AvgIpc) is 2.44. The molecule has 0 radical (unpaired) electrons. The van der Waals surface area contributed by atoms with Crippen molar-refractivity contribution in [1.82, 2.24) is 0 Å². The summed E-state index contributed by atoms with van der Waals surface area (Å²) < 4.78 is 0. The van der Waals surface area contributed by atoms with E-state index >= 15 is 0 Å². The summed E-state index contributed by atoms with van der Waals surface area (Å²) in [5.41, 5.74) is 0. The highest BCUT2D eigenvalue weighted by Gasteiger charge is 2.36. The van der Waals surface area contributed by atoms with Crippen LogP contribution >= 0.6 is 12.2 Å². The van der Waals surface area contributed by atoms with Crippen molar-refractivity contribution in [3.05, 3.63) is 12.2 Å². The maximum Gasteiger partial charge on any atom is -0.00322 e. The number of hydrogen-bond acceptors (Lipinski definition) is 1. The van der Waals surface area contributed by atoms with Crippen molar-refractivity contribution in [3.63, 3.8) is 0 Å². The Labute approximate surface area is 67.3 Å². The Balaban J connectivity index is 2.16. The van der Waals surface area contributed by atoms with E-state index in [4.69, 9.17) is 12.2 Å². The van der Waals surface area contributed by atoms with Gasteiger partial charge in [0.2, 0.25) is 0 Å². The van der Waals surface area contributed by atoms with Crippen LogP contribution in [0.4, 0.5) is 0 Å². The predicted molar refractivity (Wildman–Crippen MR) is 47.1 cm³/mol. The molecule has 1 heteroatoms. The van der Waals surface area contributed by atoms with E-state index in [1.165, 1.54) is 17.7 Å². The third kappa shape index (κ3) is 0.842. The summed E-state index contributed by atoms with van der Waals surface area (Å²) in [6.07, 6.45) is 7.42. The molecule has 0 aromatic rings. The topological polar surface area (TPSA) is 0 Å². The van der Waals surface area contributed by atoms with Gasteiger partial charge in [0.1, 0.15) is 0 Å². The minimum atomic E-state index is 0.741. The maximum atomic E-state index is 5.19. The molecule has 1 saturated carbocycles. The number of hydrogen-bond donors (Lipinski definition) is 0. The summed E-state index contributed by atoms with van der Waals surface area (Å²) in [6, 6.07) is 0. The van der Waals surface area contributed by atoms with E-state index in [1.54, 1.807) is 0 Å². The van der Waals surface area contributed by atoms with Gasteiger partial charge in [0.15, 0.2) is 0 Å². The van der Waals surface area contributed by atoms with Crippen molar-refractivity contribution in [1.29, 1.82) is 0 Å². The summed E-state index contributed by atoms with van der Waals surface area (Å²) in [6.45, 7) is 2.09. The van der Waals surface area contributed by atoms with Gasteiger partial charge in [-0.25, -0.2) is 0 Å². The predicted octanol–water partition coefficient (Wildman–Crippen LogP) is 2.59. The van der Waals surface area contributed by atoms with Crippen LogP contribution in [0.1, 0.15) is 19.8 Å². The molecule has 54 valence electrons. The minimum absolute atomic E-state index is 0.741. The zero-order chi connectivity index (χ0) is 7.14. The van der Waals surface area contributed by atoms with E-state index in [0.717, 1.165) is 17.8 Å². The molecule has 0 aromatic carbocycles. The fourth-order valence-corrected chi connectivity index (χ4v) is 2.52. The van der Waals surface area contributed by atoms with Gasteiger partial charge >= 0.3 is 0 Å². The van der Waals surface area contributed by atoms with E-state index in [-0.39, 0.29) is 0 Å². The first-order chi connectivity index (χ1) is 4.77. The summed E-state index contributed by atoms with van der Waals surface area (Å²) in [5.74, 6) is 2.42. The van der Waals surface area contributed by atoms with Gasteiger partial charge in [0.05, 0.1) is 0 Å². The van der Waals surface area contributed by atoms with Crippen molar-refractivity contribution in [2.45, 2.75) is 19.8 Å². The van der Waals surface area contributed by atoms with Crippen LogP contribution in [0.2, 0.25) is 0 Å². The molecule has 2 bridgehead atoms. The molecule has 2 aliphatic rings. The Hall–Kier alpha value is -0.170. The molecular weight excluding hydrogens is 140 g/mol. The summed E-state index contributed by atoms with van der Waals surface area (Å²) in [4.78, 5) is 1.22. The van der Waals surface area contributed by atoms with Crippen LogP contribution in [0, 0.1) is 17.8 Å². The van der Waals surface area contributed by atoms with E-state index in [9.17, 15) is 0 Å². The zero-order valence-corrected chi connectivity index (χ0v) is 7.03. The SMILES string of the molecule is CC(=S)[C@@H]1C[C@H]2C=C[C@@H]1C2. The fraction of sp³-hybridized carbons (Fsp3) is 0.667. The van der Waals surface area contributed by atoms with Crippen LogP contribution in [0.25, 0.3) is 0 Å². The lowest BCUT2D eigenvalue weighted by atomic mass is 9.91. The van der Waals surface area contributed by atoms with Crippen molar-refractivity contribution in [2.24, 2.45) is 17.8 Å². The van der Waals surface area contributed by atoms with Gasteiger partial charge in [-0.2, -0.15) is 0 Å². The summed E-state index contributed by atoms with van der Waals surface area (Å²) >= 11 is 5.19. The number of fused-ring (bicyclic) bond motifs is 2. The highest BCUT2D eigenvalue weighted by atomic mass is 32.1. The molecular formula is C9H12S. The van der Waals surface area contributed by atoms with Gasteiger partial charge < -0.3 is 0 Å². The maximum absolute atomic E-state index is 5.19. The van der Waals surface area contributed by atoms with Gasteiger partial charge in [0.25, 0.3) is 0 Å². The van der Waals surface area contributed by atoms with Gasteiger partial charge in [-0.15, -0.1) is 0 Å². The lowest BCUT2D eigenvalue weighted by molar-refractivity contribution is 0.589. The molecule has 2 rings (SSSR count). The van der Waals surface area contributed by atoms with Crippen LogP contribution < -0.4 is 0 Å². The average molecular weight is 152 g/mol. The molecule has 0 unspecified atom stereocenters. The lowest BCUT2D eigenvalue weighted by Crippen LogP contribution is -2.13. The molecule has 0 saturated heterocycles. The molecule has 0 N–H and O–H groups in total. The molecule has 0 nitrogen and oxygen atoms in total. The van der Waals surface area contributed by atoms with Gasteiger partial charge in [-0.3, -0.25) is 0 Å². The number of thiocarbonyl (C=S) groups is 1. The van der Waals surface area contributed by atoms with E-state index < -0.39 is 0 Å². The van der Waals surface area contributed by atoms with Gasteiger partial charge in [-0.1, -0.05) is 24.4 Å². The van der Waals surface area contributed by atoms with Gasteiger partial charge in [0, 0.05) is 0 Å². The number of allylic oxidation sites excluding steroid dienone is 2. The monoisotopic (exact) mass is 152 g/mol. The molecule has 2 aliphatic carbocycles. The third-order valence-electron chi connectivity index (χ3n) is 2.80. The molecule has 0 aliphatic heterocycles. The molecule has 0 amide bonds. The molecule has 0 spiro atoms. The number of rotatable bonds is 1. The zero-order valence-electron chi connectivity index (χ0n) is 6.21. The first-order valence-electron chi connectivity index (χ1n) is 3.96. The van der Waals surface area contributed by atoms with Crippen LogP contribution in [0.3, 0.4) is 0 Å².